The minimum absolute atomic E-state index is 0.697. The van der Waals surface area contributed by atoms with Crippen molar-refractivity contribution in [3.8, 4) is 0 Å². The van der Waals surface area contributed by atoms with Crippen LogP contribution in [0.5, 0.6) is 0 Å². The smallest absolute Gasteiger partial charge is 0.0595 e. The topological polar surface area (TPSA) is 50.7 Å². The fourth-order valence-electron chi connectivity index (χ4n) is 3.01. The van der Waals surface area contributed by atoms with Crippen LogP contribution in [-0.4, -0.2) is 12.4 Å². The van der Waals surface area contributed by atoms with Gasteiger partial charge < -0.3 is 5.73 Å². The third-order valence-corrected chi connectivity index (χ3v) is 4.28. The molecule has 0 aliphatic carbocycles. The number of benzene rings is 4. The summed E-state index contributed by atoms with van der Waals surface area (Å²) >= 11 is 0. The van der Waals surface area contributed by atoms with Crippen LogP contribution >= 0.6 is 0 Å². The minimum atomic E-state index is 0.697. The lowest BCUT2D eigenvalue weighted by Crippen LogP contribution is -1.94. The van der Waals surface area contributed by atoms with Crippen molar-refractivity contribution in [1.82, 2.24) is 0 Å². The first-order valence-corrected chi connectivity index (χ1v) is 8.14. The van der Waals surface area contributed by atoms with E-state index < -0.39 is 0 Å². The predicted molar refractivity (Wildman–Crippen MR) is 107 cm³/mol. The van der Waals surface area contributed by atoms with Gasteiger partial charge in [0.2, 0.25) is 0 Å². The van der Waals surface area contributed by atoms with E-state index in [1.54, 1.807) is 12.4 Å². The molecule has 120 valence electrons. The van der Waals surface area contributed by atoms with E-state index in [1.807, 2.05) is 54.6 Å². The molecule has 0 fully saturated rings. The van der Waals surface area contributed by atoms with Gasteiger partial charge in [-0.05, 0) is 27.6 Å². The monoisotopic (exact) mass is 323 g/mol. The highest BCUT2D eigenvalue weighted by Gasteiger charge is 2.02. The van der Waals surface area contributed by atoms with Crippen molar-refractivity contribution < 1.29 is 0 Å². The first-order chi connectivity index (χ1) is 12.3. The number of hydrogen-bond donors (Lipinski definition) is 1. The van der Waals surface area contributed by atoms with Crippen LogP contribution in [0.15, 0.2) is 89.1 Å². The molecule has 0 aliphatic heterocycles. The second-order valence-corrected chi connectivity index (χ2v) is 5.85. The Kier molecular flexibility index (Phi) is 3.97. The van der Waals surface area contributed by atoms with Gasteiger partial charge in [-0.3, -0.25) is 0 Å². The van der Waals surface area contributed by atoms with Crippen LogP contribution in [0.1, 0.15) is 11.1 Å². The van der Waals surface area contributed by atoms with Gasteiger partial charge in [-0.1, -0.05) is 72.8 Å². The van der Waals surface area contributed by atoms with Crippen LogP contribution in [0.3, 0.4) is 0 Å². The number of hydrogen-bond acceptors (Lipinski definition) is 3. The fraction of sp³-hybridized carbons (Fsp3) is 0. The van der Waals surface area contributed by atoms with E-state index in [2.05, 4.69) is 34.5 Å². The Bertz CT molecular complexity index is 1110. The molecule has 3 nitrogen and oxygen atoms in total. The van der Waals surface area contributed by atoms with Crippen molar-refractivity contribution in [2.24, 2.45) is 10.2 Å². The molecule has 0 aromatic heterocycles. The maximum absolute atomic E-state index is 6.11. The van der Waals surface area contributed by atoms with Crippen molar-refractivity contribution in [1.29, 1.82) is 0 Å². The van der Waals surface area contributed by atoms with Crippen molar-refractivity contribution in [3.63, 3.8) is 0 Å². The van der Waals surface area contributed by atoms with Gasteiger partial charge in [0.25, 0.3) is 0 Å². The zero-order valence-electron chi connectivity index (χ0n) is 13.6. The molecule has 0 amide bonds. The second-order valence-electron chi connectivity index (χ2n) is 5.85. The highest BCUT2D eigenvalue weighted by Crippen LogP contribution is 2.22. The lowest BCUT2D eigenvalue weighted by Gasteiger charge is -2.04. The molecule has 0 bridgehead atoms. The molecule has 2 N–H and O–H groups in total. The number of fused-ring (bicyclic) bond motifs is 2. The molecule has 4 aromatic rings. The maximum atomic E-state index is 6.11. The summed E-state index contributed by atoms with van der Waals surface area (Å²) < 4.78 is 0. The van der Waals surface area contributed by atoms with E-state index >= 15 is 0 Å². The molecule has 4 aromatic carbocycles. The largest absolute Gasteiger partial charge is 0.398 e. The van der Waals surface area contributed by atoms with Gasteiger partial charge in [0, 0.05) is 16.8 Å². The summed E-state index contributed by atoms with van der Waals surface area (Å²) in [6.45, 7) is 0. The summed E-state index contributed by atoms with van der Waals surface area (Å²) in [5.74, 6) is 0. The van der Waals surface area contributed by atoms with Gasteiger partial charge >= 0.3 is 0 Å². The van der Waals surface area contributed by atoms with Gasteiger partial charge in [-0.2, -0.15) is 10.2 Å². The second kappa shape index (κ2) is 6.57. The van der Waals surface area contributed by atoms with Crippen molar-refractivity contribution in [3.05, 3.63) is 90.0 Å². The molecule has 0 saturated carbocycles. The Morgan fingerprint density at radius 2 is 1.24 bits per heavy atom. The van der Waals surface area contributed by atoms with Gasteiger partial charge in [-0.25, -0.2) is 0 Å². The summed E-state index contributed by atoms with van der Waals surface area (Å²) in [5, 5.41) is 13.0. The van der Waals surface area contributed by atoms with Crippen LogP contribution in [0.4, 0.5) is 5.69 Å². The molecule has 0 radical (unpaired) electrons. The Hall–Kier alpha value is -3.46. The van der Waals surface area contributed by atoms with E-state index in [-0.39, 0.29) is 0 Å². The number of rotatable bonds is 3. The van der Waals surface area contributed by atoms with Crippen LogP contribution < -0.4 is 5.73 Å². The molecule has 0 atom stereocenters. The lowest BCUT2D eigenvalue weighted by molar-refractivity contribution is 1.27. The van der Waals surface area contributed by atoms with Crippen molar-refractivity contribution in [2.75, 3.05) is 5.73 Å². The zero-order valence-corrected chi connectivity index (χ0v) is 13.6. The summed E-state index contributed by atoms with van der Waals surface area (Å²) in [4.78, 5) is 0. The normalized spacial score (nSPS) is 11.8. The molecule has 0 heterocycles. The van der Waals surface area contributed by atoms with Crippen LogP contribution in [0.25, 0.3) is 21.5 Å². The molecule has 0 spiro atoms. The highest BCUT2D eigenvalue weighted by atomic mass is 15.2. The summed E-state index contributed by atoms with van der Waals surface area (Å²) in [6.07, 6.45) is 3.50. The molecule has 3 heteroatoms. The SMILES string of the molecule is Nc1ccc2ccccc2c1C=NN=Cc1cccc2ccccc12. The highest BCUT2D eigenvalue weighted by molar-refractivity contribution is 6.05. The minimum Gasteiger partial charge on any atom is -0.398 e. The zero-order chi connectivity index (χ0) is 17.1. The van der Waals surface area contributed by atoms with Crippen molar-refractivity contribution in [2.45, 2.75) is 0 Å². The third kappa shape index (κ3) is 3.00. The molecular formula is C22H17N3. The molecule has 0 saturated heterocycles. The Labute approximate surface area is 146 Å². The van der Waals surface area contributed by atoms with Gasteiger partial charge in [0.1, 0.15) is 0 Å². The summed E-state index contributed by atoms with van der Waals surface area (Å²) in [6, 6.07) is 26.4. The van der Waals surface area contributed by atoms with Gasteiger partial charge in [0.15, 0.2) is 0 Å². The molecule has 0 unspecified atom stereocenters. The predicted octanol–water partition coefficient (Wildman–Crippen LogP) is 5.03. The number of anilines is 1. The molecule has 25 heavy (non-hydrogen) atoms. The third-order valence-electron chi connectivity index (χ3n) is 4.28. The van der Waals surface area contributed by atoms with E-state index in [4.69, 9.17) is 5.73 Å². The summed E-state index contributed by atoms with van der Waals surface area (Å²) in [5.41, 5.74) is 8.75. The van der Waals surface area contributed by atoms with Gasteiger partial charge in [0.05, 0.1) is 12.4 Å². The number of nitrogens with two attached hydrogens (primary N) is 1. The first-order valence-electron chi connectivity index (χ1n) is 8.14. The van der Waals surface area contributed by atoms with E-state index in [9.17, 15) is 0 Å². The van der Waals surface area contributed by atoms with Crippen LogP contribution in [0.2, 0.25) is 0 Å². The maximum Gasteiger partial charge on any atom is 0.0595 e. The van der Waals surface area contributed by atoms with Gasteiger partial charge in [-0.15, -0.1) is 0 Å². The average molecular weight is 323 g/mol. The average Bonchev–Trinajstić information content (AvgIpc) is 2.66. The van der Waals surface area contributed by atoms with E-state index in [0.717, 1.165) is 27.3 Å². The quantitative estimate of drug-likeness (QED) is 0.321. The van der Waals surface area contributed by atoms with Crippen molar-refractivity contribution >= 4 is 39.7 Å². The van der Waals surface area contributed by atoms with Crippen LogP contribution in [-0.2, 0) is 0 Å². The standard InChI is InChI=1S/C22H17N3/c23-22-13-12-17-7-2-4-11-20(17)21(22)15-25-24-14-18-9-5-8-16-6-1-3-10-19(16)18/h1-15H,23H2. The van der Waals surface area contributed by atoms with Crippen LogP contribution in [0, 0.1) is 0 Å². The van der Waals surface area contributed by atoms with E-state index in [1.165, 1.54) is 5.39 Å². The molecule has 4 rings (SSSR count). The molecule has 0 aliphatic rings. The first kappa shape index (κ1) is 15.1. The Morgan fingerprint density at radius 3 is 2.08 bits per heavy atom. The Balaban J connectivity index is 1.67. The number of nitrogen functional groups attached to an aromatic ring is 1. The lowest BCUT2D eigenvalue weighted by atomic mass is 10.0. The Morgan fingerprint density at radius 1 is 0.600 bits per heavy atom. The van der Waals surface area contributed by atoms with E-state index in [0.29, 0.717) is 5.69 Å². The summed E-state index contributed by atoms with van der Waals surface area (Å²) in [7, 11) is 0. The fourth-order valence-corrected chi connectivity index (χ4v) is 3.01. The molecular weight excluding hydrogens is 306 g/mol. The number of nitrogens with zero attached hydrogens (tertiary/aromatic N) is 2.